The van der Waals surface area contributed by atoms with E-state index in [1.807, 2.05) is 30.3 Å². The molecule has 0 radical (unpaired) electrons. The standard InChI is InChI=1S/C14H18O3/c15-14(16)13-8-12(9-13)6-7-17-10-11-4-2-1-3-5-11/h1-5,12-13H,6-10H2,(H,15,16). The van der Waals surface area contributed by atoms with E-state index in [0.29, 0.717) is 12.5 Å². The lowest BCUT2D eigenvalue weighted by Gasteiger charge is -2.32. The lowest BCUT2D eigenvalue weighted by Crippen LogP contribution is -2.30. The molecule has 0 aliphatic heterocycles. The van der Waals surface area contributed by atoms with Gasteiger partial charge in [-0.2, -0.15) is 0 Å². The molecule has 0 unspecified atom stereocenters. The number of hydrogen-bond acceptors (Lipinski definition) is 2. The Labute approximate surface area is 101 Å². The second kappa shape index (κ2) is 5.82. The Kier molecular flexibility index (Phi) is 4.15. The molecule has 1 fully saturated rings. The van der Waals surface area contributed by atoms with Gasteiger partial charge < -0.3 is 9.84 Å². The van der Waals surface area contributed by atoms with Gasteiger partial charge in [-0.15, -0.1) is 0 Å². The molecule has 92 valence electrons. The SMILES string of the molecule is O=C(O)C1CC(CCOCc2ccccc2)C1. The lowest BCUT2D eigenvalue weighted by atomic mass is 9.73. The van der Waals surface area contributed by atoms with E-state index in [1.165, 1.54) is 5.56 Å². The van der Waals surface area contributed by atoms with Crippen LogP contribution in [0.4, 0.5) is 0 Å². The number of carbonyl (C=O) groups is 1. The third-order valence-electron chi connectivity index (χ3n) is 3.37. The Morgan fingerprint density at radius 1 is 1.29 bits per heavy atom. The van der Waals surface area contributed by atoms with Crippen LogP contribution in [0, 0.1) is 11.8 Å². The molecule has 2 rings (SSSR count). The van der Waals surface area contributed by atoms with Crippen LogP contribution < -0.4 is 0 Å². The van der Waals surface area contributed by atoms with Crippen molar-refractivity contribution in [2.45, 2.75) is 25.9 Å². The van der Waals surface area contributed by atoms with Crippen LogP contribution in [-0.2, 0) is 16.1 Å². The van der Waals surface area contributed by atoms with Crippen molar-refractivity contribution in [1.82, 2.24) is 0 Å². The van der Waals surface area contributed by atoms with Crippen molar-refractivity contribution < 1.29 is 14.6 Å². The van der Waals surface area contributed by atoms with E-state index in [-0.39, 0.29) is 5.92 Å². The van der Waals surface area contributed by atoms with Crippen LogP contribution in [-0.4, -0.2) is 17.7 Å². The van der Waals surface area contributed by atoms with Gasteiger partial charge in [0.2, 0.25) is 0 Å². The highest BCUT2D eigenvalue weighted by Crippen LogP contribution is 2.36. The van der Waals surface area contributed by atoms with Crippen LogP contribution in [0.1, 0.15) is 24.8 Å². The molecule has 1 saturated carbocycles. The highest BCUT2D eigenvalue weighted by Gasteiger charge is 2.33. The monoisotopic (exact) mass is 234 g/mol. The van der Waals surface area contributed by atoms with Gasteiger partial charge in [0.05, 0.1) is 12.5 Å². The Hall–Kier alpha value is -1.35. The predicted molar refractivity (Wildman–Crippen MR) is 64.6 cm³/mol. The molecule has 17 heavy (non-hydrogen) atoms. The fourth-order valence-corrected chi connectivity index (χ4v) is 2.19. The van der Waals surface area contributed by atoms with Crippen LogP contribution in [0.5, 0.6) is 0 Å². The smallest absolute Gasteiger partial charge is 0.306 e. The molecular formula is C14H18O3. The van der Waals surface area contributed by atoms with Crippen LogP contribution in [0.2, 0.25) is 0 Å². The molecule has 1 N–H and O–H groups in total. The topological polar surface area (TPSA) is 46.5 Å². The van der Waals surface area contributed by atoms with Crippen molar-refractivity contribution in [1.29, 1.82) is 0 Å². The molecule has 1 aromatic carbocycles. The van der Waals surface area contributed by atoms with E-state index < -0.39 is 5.97 Å². The normalized spacial score (nSPS) is 23.1. The fraction of sp³-hybridized carbons (Fsp3) is 0.500. The molecule has 1 aliphatic rings. The minimum absolute atomic E-state index is 0.103. The second-order valence-electron chi connectivity index (χ2n) is 4.70. The number of ether oxygens (including phenoxy) is 1. The molecule has 3 nitrogen and oxygen atoms in total. The molecule has 1 aliphatic carbocycles. The van der Waals surface area contributed by atoms with Crippen molar-refractivity contribution in [2.75, 3.05) is 6.61 Å². The van der Waals surface area contributed by atoms with Crippen molar-refractivity contribution in [2.24, 2.45) is 11.8 Å². The molecule has 0 atom stereocenters. The maximum atomic E-state index is 10.6. The molecule has 3 heteroatoms. The Morgan fingerprint density at radius 3 is 2.65 bits per heavy atom. The fourth-order valence-electron chi connectivity index (χ4n) is 2.19. The summed E-state index contributed by atoms with van der Waals surface area (Å²) in [5, 5.41) is 8.74. The molecule has 0 amide bonds. The number of benzene rings is 1. The van der Waals surface area contributed by atoms with Gasteiger partial charge >= 0.3 is 5.97 Å². The zero-order valence-electron chi connectivity index (χ0n) is 9.84. The van der Waals surface area contributed by atoms with E-state index in [2.05, 4.69) is 0 Å². The summed E-state index contributed by atoms with van der Waals surface area (Å²) in [7, 11) is 0. The van der Waals surface area contributed by atoms with Gasteiger partial charge in [-0.25, -0.2) is 0 Å². The summed E-state index contributed by atoms with van der Waals surface area (Å²) in [6.07, 6.45) is 2.63. The summed E-state index contributed by atoms with van der Waals surface area (Å²) in [5.74, 6) is -0.201. The average Bonchev–Trinajstić information content (AvgIpc) is 2.27. The first-order valence-electron chi connectivity index (χ1n) is 6.10. The quantitative estimate of drug-likeness (QED) is 0.770. The Balaban J connectivity index is 1.55. The second-order valence-corrected chi connectivity index (χ2v) is 4.70. The molecular weight excluding hydrogens is 216 g/mol. The van der Waals surface area contributed by atoms with Crippen LogP contribution >= 0.6 is 0 Å². The predicted octanol–water partition coefficient (Wildman–Crippen LogP) is 2.70. The lowest BCUT2D eigenvalue weighted by molar-refractivity contribution is -0.146. The zero-order valence-corrected chi connectivity index (χ0v) is 9.84. The van der Waals surface area contributed by atoms with Gasteiger partial charge in [0, 0.05) is 6.61 Å². The van der Waals surface area contributed by atoms with E-state index in [0.717, 1.165) is 25.9 Å². The molecule has 0 aromatic heterocycles. The summed E-state index contributed by atoms with van der Waals surface area (Å²) in [5.41, 5.74) is 1.18. The van der Waals surface area contributed by atoms with Crippen molar-refractivity contribution in [3.8, 4) is 0 Å². The van der Waals surface area contributed by atoms with E-state index >= 15 is 0 Å². The summed E-state index contributed by atoms with van der Waals surface area (Å²) < 4.78 is 5.57. The van der Waals surface area contributed by atoms with Crippen LogP contribution in [0.25, 0.3) is 0 Å². The Morgan fingerprint density at radius 2 is 2.00 bits per heavy atom. The van der Waals surface area contributed by atoms with Crippen LogP contribution in [0.3, 0.4) is 0 Å². The van der Waals surface area contributed by atoms with Gasteiger partial charge in [0.25, 0.3) is 0 Å². The third-order valence-corrected chi connectivity index (χ3v) is 3.37. The first-order chi connectivity index (χ1) is 8.25. The van der Waals surface area contributed by atoms with Gasteiger partial charge in [-0.05, 0) is 30.7 Å². The number of carboxylic acid groups (broad SMARTS) is 1. The summed E-state index contributed by atoms with van der Waals surface area (Å²) in [6.45, 7) is 1.38. The van der Waals surface area contributed by atoms with E-state index in [9.17, 15) is 4.79 Å². The van der Waals surface area contributed by atoms with Gasteiger partial charge in [-0.1, -0.05) is 30.3 Å². The summed E-state index contributed by atoms with van der Waals surface area (Å²) in [6, 6.07) is 10.1. The number of carboxylic acids is 1. The summed E-state index contributed by atoms with van der Waals surface area (Å²) >= 11 is 0. The van der Waals surface area contributed by atoms with E-state index in [4.69, 9.17) is 9.84 Å². The molecule has 0 bridgehead atoms. The van der Waals surface area contributed by atoms with Crippen molar-refractivity contribution >= 4 is 5.97 Å². The van der Waals surface area contributed by atoms with Crippen LogP contribution in [0.15, 0.2) is 30.3 Å². The largest absolute Gasteiger partial charge is 0.481 e. The maximum Gasteiger partial charge on any atom is 0.306 e. The maximum absolute atomic E-state index is 10.6. The minimum Gasteiger partial charge on any atom is -0.481 e. The van der Waals surface area contributed by atoms with E-state index in [1.54, 1.807) is 0 Å². The number of hydrogen-bond donors (Lipinski definition) is 1. The van der Waals surface area contributed by atoms with Gasteiger partial charge in [0.15, 0.2) is 0 Å². The molecule has 0 saturated heterocycles. The minimum atomic E-state index is -0.647. The number of rotatable bonds is 6. The summed E-state index contributed by atoms with van der Waals surface area (Å²) in [4.78, 5) is 10.6. The zero-order chi connectivity index (χ0) is 12.1. The molecule has 0 heterocycles. The first kappa shape index (κ1) is 12.1. The van der Waals surface area contributed by atoms with Crippen molar-refractivity contribution in [3.63, 3.8) is 0 Å². The number of aliphatic carboxylic acids is 1. The first-order valence-corrected chi connectivity index (χ1v) is 6.10. The third kappa shape index (κ3) is 3.56. The highest BCUT2D eigenvalue weighted by atomic mass is 16.5. The molecule has 0 spiro atoms. The van der Waals surface area contributed by atoms with Gasteiger partial charge in [-0.3, -0.25) is 4.79 Å². The highest BCUT2D eigenvalue weighted by molar-refractivity contribution is 5.71. The van der Waals surface area contributed by atoms with Crippen molar-refractivity contribution in [3.05, 3.63) is 35.9 Å². The molecule has 1 aromatic rings. The Bertz CT molecular complexity index is 355. The average molecular weight is 234 g/mol. The van der Waals surface area contributed by atoms with Gasteiger partial charge in [0.1, 0.15) is 0 Å².